The first-order valence-corrected chi connectivity index (χ1v) is 11.2. The molecule has 0 saturated carbocycles. The lowest BCUT2D eigenvalue weighted by Gasteiger charge is -2.12. The zero-order valence-electron chi connectivity index (χ0n) is 16.6. The fourth-order valence-electron chi connectivity index (χ4n) is 3.01. The van der Waals surface area contributed by atoms with Gasteiger partial charge in [0.25, 0.3) is 0 Å². The number of benzene rings is 3. The Kier molecular flexibility index (Phi) is 5.29. The van der Waals surface area contributed by atoms with E-state index < -0.39 is 10.0 Å². The molecule has 0 radical (unpaired) electrons. The van der Waals surface area contributed by atoms with Crippen molar-refractivity contribution in [3.05, 3.63) is 84.4 Å². The van der Waals surface area contributed by atoms with Gasteiger partial charge in [-0.05, 0) is 19.1 Å². The number of hydrogen-bond donors (Lipinski definition) is 1. The molecule has 1 N–H and O–H groups in total. The van der Waals surface area contributed by atoms with Gasteiger partial charge in [0.1, 0.15) is 0 Å². The van der Waals surface area contributed by atoms with Crippen LogP contribution in [0, 0.1) is 6.92 Å². The van der Waals surface area contributed by atoms with Gasteiger partial charge in [-0.1, -0.05) is 72.3 Å². The van der Waals surface area contributed by atoms with Crippen molar-refractivity contribution in [3.63, 3.8) is 0 Å². The van der Waals surface area contributed by atoms with Crippen molar-refractivity contribution >= 4 is 15.7 Å². The minimum absolute atomic E-state index is 0.395. The molecule has 0 atom stereocenters. The van der Waals surface area contributed by atoms with Gasteiger partial charge in [-0.2, -0.15) is 0 Å². The Morgan fingerprint density at radius 3 is 1.83 bits per heavy atom. The average molecular weight is 417 g/mol. The standard InChI is InChI=1S/C23H20N4O2S/c1-16-12-14-18(15-13-16)22-24-21(17-8-4-3-5-9-17)25-23(26-22)19-10-6-7-11-20(19)27-30(2,28)29/h3-15,27H,1-2H3. The highest BCUT2D eigenvalue weighted by Gasteiger charge is 2.15. The maximum atomic E-state index is 11.8. The maximum Gasteiger partial charge on any atom is 0.229 e. The number of nitrogens with zero attached hydrogens (tertiary/aromatic N) is 3. The summed E-state index contributed by atoms with van der Waals surface area (Å²) >= 11 is 0. The van der Waals surface area contributed by atoms with Crippen molar-refractivity contribution in [1.29, 1.82) is 0 Å². The fraction of sp³-hybridized carbons (Fsp3) is 0.0870. The summed E-state index contributed by atoms with van der Waals surface area (Å²) in [5, 5.41) is 0. The minimum atomic E-state index is -3.46. The highest BCUT2D eigenvalue weighted by molar-refractivity contribution is 7.92. The van der Waals surface area contributed by atoms with Crippen LogP contribution in [0.5, 0.6) is 0 Å². The summed E-state index contributed by atoms with van der Waals surface area (Å²) in [5.74, 6) is 1.43. The first-order chi connectivity index (χ1) is 14.4. The summed E-state index contributed by atoms with van der Waals surface area (Å²) in [6.45, 7) is 2.02. The molecule has 0 amide bonds. The third kappa shape index (κ3) is 4.52. The normalized spacial score (nSPS) is 11.3. The molecule has 4 rings (SSSR count). The second kappa shape index (κ2) is 8.04. The molecule has 0 aliphatic rings. The Morgan fingerprint density at radius 1 is 0.667 bits per heavy atom. The molecule has 150 valence electrons. The predicted molar refractivity (Wildman–Crippen MR) is 119 cm³/mol. The number of anilines is 1. The maximum absolute atomic E-state index is 11.8. The van der Waals surface area contributed by atoms with E-state index in [-0.39, 0.29) is 0 Å². The SMILES string of the molecule is Cc1ccc(-c2nc(-c3ccccc3)nc(-c3ccccc3NS(C)(=O)=O)n2)cc1. The molecule has 3 aromatic carbocycles. The van der Waals surface area contributed by atoms with E-state index in [0.717, 1.165) is 22.9 Å². The second-order valence-corrected chi connectivity index (χ2v) is 8.71. The number of hydrogen-bond acceptors (Lipinski definition) is 5. The van der Waals surface area contributed by atoms with Crippen molar-refractivity contribution in [1.82, 2.24) is 15.0 Å². The highest BCUT2D eigenvalue weighted by atomic mass is 32.2. The van der Waals surface area contributed by atoms with Gasteiger partial charge in [-0.3, -0.25) is 4.72 Å². The van der Waals surface area contributed by atoms with Gasteiger partial charge >= 0.3 is 0 Å². The van der Waals surface area contributed by atoms with Crippen LogP contribution in [0.3, 0.4) is 0 Å². The molecule has 1 aromatic heterocycles. The molecule has 6 nitrogen and oxygen atoms in total. The second-order valence-electron chi connectivity index (χ2n) is 6.96. The van der Waals surface area contributed by atoms with Crippen LogP contribution in [-0.2, 0) is 10.0 Å². The number of aromatic nitrogens is 3. The Labute approximate surface area is 175 Å². The molecule has 4 aromatic rings. The van der Waals surface area contributed by atoms with Gasteiger partial charge in [-0.25, -0.2) is 23.4 Å². The molecule has 0 saturated heterocycles. The lowest BCUT2D eigenvalue weighted by molar-refractivity contribution is 0.607. The van der Waals surface area contributed by atoms with Crippen LogP contribution in [0.15, 0.2) is 78.9 Å². The molecule has 1 heterocycles. The van der Waals surface area contributed by atoms with Crippen LogP contribution in [0.1, 0.15) is 5.56 Å². The first-order valence-electron chi connectivity index (χ1n) is 9.35. The van der Waals surface area contributed by atoms with Gasteiger partial charge in [-0.15, -0.1) is 0 Å². The summed E-state index contributed by atoms with van der Waals surface area (Å²) < 4.78 is 26.2. The molecule has 0 aliphatic heterocycles. The van der Waals surface area contributed by atoms with Crippen molar-refractivity contribution in [3.8, 4) is 34.2 Å². The average Bonchev–Trinajstić information content (AvgIpc) is 2.74. The predicted octanol–water partition coefficient (Wildman–Crippen LogP) is 4.55. The van der Waals surface area contributed by atoms with Gasteiger partial charge < -0.3 is 0 Å². The molecule has 0 unspecified atom stereocenters. The van der Waals surface area contributed by atoms with E-state index in [2.05, 4.69) is 19.7 Å². The van der Waals surface area contributed by atoms with E-state index in [9.17, 15) is 8.42 Å². The third-order valence-electron chi connectivity index (χ3n) is 4.44. The zero-order valence-corrected chi connectivity index (χ0v) is 17.4. The largest absolute Gasteiger partial charge is 0.283 e. The molecule has 0 aliphatic carbocycles. The molecule has 0 bridgehead atoms. The fourth-order valence-corrected chi connectivity index (χ4v) is 3.59. The number of sulfonamides is 1. The van der Waals surface area contributed by atoms with Crippen molar-refractivity contribution in [2.24, 2.45) is 0 Å². The molecule has 30 heavy (non-hydrogen) atoms. The Hall–Kier alpha value is -3.58. The van der Waals surface area contributed by atoms with E-state index in [4.69, 9.17) is 0 Å². The summed E-state index contributed by atoms with van der Waals surface area (Å²) in [5.41, 5.74) is 3.84. The molecular formula is C23H20N4O2S. The van der Waals surface area contributed by atoms with Crippen molar-refractivity contribution in [2.75, 3.05) is 11.0 Å². The number of aryl methyl sites for hydroxylation is 1. The van der Waals surface area contributed by atoms with Crippen LogP contribution in [-0.4, -0.2) is 29.6 Å². The number of rotatable bonds is 5. The molecule has 0 spiro atoms. The molecule has 0 fully saturated rings. The Morgan fingerprint density at radius 2 is 1.20 bits per heavy atom. The lowest BCUT2D eigenvalue weighted by Crippen LogP contribution is -2.11. The molecular weight excluding hydrogens is 396 g/mol. The quantitative estimate of drug-likeness (QED) is 0.516. The van der Waals surface area contributed by atoms with Crippen LogP contribution < -0.4 is 4.72 Å². The summed E-state index contributed by atoms with van der Waals surface area (Å²) in [4.78, 5) is 14.0. The summed E-state index contributed by atoms with van der Waals surface area (Å²) in [7, 11) is -3.46. The first kappa shape index (κ1) is 19.7. The Bertz CT molecular complexity index is 1290. The van der Waals surface area contributed by atoms with Gasteiger partial charge in [0.15, 0.2) is 17.5 Å². The Balaban J connectivity index is 1.92. The minimum Gasteiger partial charge on any atom is -0.283 e. The van der Waals surface area contributed by atoms with Crippen LogP contribution in [0.4, 0.5) is 5.69 Å². The van der Waals surface area contributed by atoms with Gasteiger partial charge in [0.05, 0.1) is 11.9 Å². The van der Waals surface area contributed by atoms with Crippen LogP contribution in [0.2, 0.25) is 0 Å². The monoisotopic (exact) mass is 416 g/mol. The van der Waals surface area contributed by atoms with Crippen molar-refractivity contribution < 1.29 is 8.42 Å². The lowest BCUT2D eigenvalue weighted by atomic mass is 10.1. The van der Waals surface area contributed by atoms with Gasteiger partial charge in [0, 0.05) is 16.7 Å². The third-order valence-corrected chi connectivity index (χ3v) is 5.03. The van der Waals surface area contributed by atoms with Gasteiger partial charge in [0.2, 0.25) is 10.0 Å². The van der Waals surface area contributed by atoms with E-state index in [1.807, 2.05) is 67.6 Å². The molecule has 7 heteroatoms. The number of para-hydroxylation sites is 1. The zero-order chi connectivity index (χ0) is 21.1. The summed E-state index contributed by atoms with van der Waals surface area (Å²) in [6.07, 6.45) is 1.12. The number of nitrogens with one attached hydrogen (secondary N) is 1. The smallest absolute Gasteiger partial charge is 0.229 e. The van der Waals surface area contributed by atoms with Crippen molar-refractivity contribution in [2.45, 2.75) is 6.92 Å². The topological polar surface area (TPSA) is 84.8 Å². The highest BCUT2D eigenvalue weighted by Crippen LogP contribution is 2.29. The van der Waals surface area contributed by atoms with E-state index in [0.29, 0.717) is 28.7 Å². The van der Waals surface area contributed by atoms with Crippen LogP contribution >= 0.6 is 0 Å². The van der Waals surface area contributed by atoms with Crippen LogP contribution in [0.25, 0.3) is 34.2 Å². The van der Waals surface area contributed by atoms with E-state index in [1.54, 1.807) is 18.2 Å². The van der Waals surface area contributed by atoms with E-state index >= 15 is 0 Å². The summed E-state index contributed by atoms with van der Waals surface area (Å²) in [6, 6.07) is 24.6. The van der Waals surface area contributed by atoms with E-state index in [1.165, 1.54) is 0 Å².